The van der Waals surface area contributed by atoms with E-state index in [4.69, 9.17) is 9.97 Å². The maximum atomic E-state index is 12.8. The molecule has 0 radical (unpaired) electrons. The molecule has 0 atom stereocenters. The van der Waals surface area contributed by atoms with Gasteiger partial charge in [-0.25, -0.2) is 4.98 Å². The van der Waals surface area contributed by atoms with Crippen LogP contribution in [-0.2, 0) is 17.9 Å². The monoisotopic (exact) mass is 590 g/mol. The molecule has 1 saturated heterocycles. The largest absolute Gasteiger partial charge is 0.352 e. The van der Waals surface area contributed by atoms with E-state index < -0.39 is 0 Å². The van der Waals surface area contributed by atoms with Crippen LogP contribution in [0.1, 0.15) is 71.4 Å². The fourth-order valence-corrected chi connectivity index (χ4v) is 5.99. The SMILES string of the molecule is CC(C)(C)C(=O)N1CCN(c2nc(NCc3cn(CCCNCCCNC4CCCCC4)nn3)nc3ccccc23)CC1. The van der Waals surface area contributed by atoms with Crippen molar-refractivity contribution in [2.75, 3.05) is 56.0 Å². The lowest BCUT2D eigenvalue weighted by Crippen LogP contribution is -2.52. The lowest BCUT2D eigenvalue weighted by Gasteiger charge is -2.38. The van der Waals surface area contributed by atoms with Crippen LogP contribution >= 0.6 is 0 Å². The van der Waals surface area contributed by atoms with Gasteiger partial charge in [-0.1, -0.05) is 57.4 Å². The van der Waals surface area contributed by atoms with Crippen LogP contribution in [0.25, 0.3) is 10.9 Å². The molecule has 1 amide bonds. The summed E-state index contributed by atoms with van der Waals surface area (Å²) in [5.74, 6) is 1.67. The van der Waals surface area contributed by atoms with E-state index in [9.17, 15) is 4.79 Å². The van der Waals surface area contributed by atoms with Crippen molar-refractivity contribution in [1.82, 2.24) is 40.5 Å². The van der Waals surface area contributed by atoms with Gasteiger partial charge in [-0.05, 0) is 57.5 Å². The van der Waals surface area contributed by atoms with E-state index in [1.165, 1.54) is 38.5 Å². The number of hydrogen-bond donors (Lipinski definition) is 3. The van der Waals surface area contributed by atoms with Gasteiger partial charge in [0, 0.05) is 49.6 Å². The van der Waals surface area contributed by atoms with Crippen LogP contribution in [0, 0.1) is 5.41 Å². The van der Waals surface area contributed by atoms with Crippen LogP contribution in [0.3, 0.4) is 0 Å². The minimum absolute atomic E-state index is 0.198. The van der Waals surface area contributed by atoms with Gasteiger partial charge >= 0.3 is 0 Å². The maximum Gasteiger partial charge on any atom is 0.228 e. The van der Waals surface area contributed by atoms with Crippen LogP contribution in [0.5, 0.6) is 0 Å². The highest BCUT2D eigenvalue weighted by Gasteiger charge is 2.30. The smallest absolute Gasteiger partial charge is 0.228 e. The second-order valence-corrected chi connectivity index (χ2v) is 13.0. The summed E-state index contributed by atoms with van der Waals surface area (Å²) < 4.78 is 1.91. The molecule has 5 rings (SSSR count). The van der Waals surface area contributed by atoms with Crippen LogP contribution in [0.4, 0.5) is 11.8 Å². The Labute approximate surface area is 256 Å². The average molecular weight is 591 g/mol. The highest BCUT2D eigenvalue weighted by Crippen LogP contribution is 2.27. The first-order valence-electron chi connectivity index (χ1n) is 16.2. The second kappa shape index (κ2) is 14.9. The fourth-order valence-electron chi connectivity index (χ4n) is 5.99. The topological polar surface area (TPSA) is 116 Å². The number of anilines is 2. The van der Waals surface area contributed by atoms with E-state index in [-0.39, 0.29) is 11.3 Å². The third kappa shape index (κ3) is 8.86. The first-order chi connectivity index (χ1) is 20.9. The van der Waals surface area contributed by atoms with Crippen LogP contribution in [0.2, 0.25) is 0 Å². The number of nitrogens with one attached hydrogen (secondary N) is 3. The Balaban J connectivity index is 1.07. The molecule has 1 aliphatic heterocycles. The third-order valence-electron chi connectivity index (χ3n) is 8.41. The predicted octanol–water partition coefficient (Wildman–Crippen LogP) is 3.82. The minimum Gasteiger partial charge on any atom is -0.352 e. The van der Waals surface area contributed by atoms with Gasteiger partial charge in [0.1, 0.15) is 11.5 Å². The number of fused-ring (bicyclic) bond motifs is 1. The molecule has 1 aliphatic carbocycles. The first-order valence-corrected chi connectivity index (χ1v) is 16.2. The number of hydrogen-bond acceptors (Lipinski definition) is 9. The molecule has 1 aromatic carbocycles. The molecular formula is C32H50N10O. The van der Waals surface area contributed by atoms with Gasteiger partial charge in [-0.15, -0.1) is 5.10 Å². The summed E-state index contributed by atoms with van der Waals surface area (Å²) >= 11 is 0. The van der Waals surface area contributed by atoms with E-state index >= 15 is 0 Å². The molecule has 2 aromatic heterocycles. The van der Waals surface area contributed by atoms with Gasteiger partial charge in [0.2, 0.25) is 11.9 Å². The first kappa shape index (κ1) is 31.1. The van der Waals surface area contributed by atoms with Crippen molar-refractivity contribution in [3.63, 3.8) is 0 Å². The molecule has 11 heteroatoms. The number of aryl methyl sites for hydroxylation is 1. The van der Waals surface area contributed by atoms with Crippen molar-refractivity contribution >= 4 is 28.6 Å². The van der Waals surface area contributed by atoms with Gasteiger partial charge in [0.25, 0.3) is 0 Å². The van der Waals surface area contributed by atoms with Crippen molar-refractivity contribution in [1.29, 1.82) is 0 Å². The Bertz CT molecular complexity index is 1300. The molecule has 3 aromatic rings. The Kier molecular flexibility index (Phi) is 10.8. The predicted molar refractivity (Wildman–Crippen MR) is 172 cm³/mol. The van der Waals surface area contributed by atoms with E-state index in [0.29, 0.717) is 25.6 Å². The molecule has 0 unspecified atom stereocenters. The van der Waals surface area contributed by atoms with Crippen LogP contribution < -0.4 is 20.9 Å². The van der Waals surface area contributed by atoms with Crippen molar-refractivity contribution in [2.45, 2.75) is 84.8 Å². The Morgan fingerprint density at radius 1 is 0.953 bits per heavy atom. The number of carbonyl (C=O) groups is 1. The quantitative estimate of drug-likeness (QED) is 0.256. The number of piperazine rings is 1. The number of benzene rings is 1. The van der Waals surface area contributed by atoms with Crippen molar-refractivity contribution in [2.24, 2.45) is 5.41 Å². The summed E-state index contributed by atoms with van der Waals surface area (Å²) in [4.78, 5) is 26.7. The van der Waals surface area contributed by atoms with Gasteiger partial charge < -0.3 is 25.8 Å². The van der Waals surface area contributed by atoms with Gasteiger partial charge in [0.15, 0.2) is 0 Å². The number of nitrogens with zero attached hydrogens (tertiary/aromatic N) is 7. The summed E-state index contributed by atoms with van der Waals surface area (Å²) in [6.07, 6.45) is 11.0. The number of rotatable bonds is 13. The number of amides is 1. The number of para-hydroxylation sites is 1. The normalized spacial score (nSPS) is 16.6. The molecule has 3 N–H and O–H groups in total. The molecule has 3 heterocycles. The second-order valence-electron chi connectivity index (χ2n) is 13.0. The zero-order chi connectivity index (χ0) is 30.1. The molecule has 2 fully saturated rings. The van der Waals surface area contributed by atoms with Crippen LogP contribution in [-0.4, -0.2) is 87.6 Å². The molecule has 0 spiro atoms. The lowest BCUT2D eigenvalue weighted by molar-refractivity contribution is -0.139. The summed E-state index contributed by atoms with van der Waals surface area (Å²) in [6.45, 7) is 13.2. The van der Waals surface area contributed by atoms with Gasteiger partial charge in [-0.2, -0.15) is 4.98 Å². The van der Waals surface area contributed by atoms with Crippen molar-refractivity contribution in [3.05, 3.63) is 36.2 Å². The summed E-state index contributed by atoms with van der Waals surface area (Å²) in [5.41, 5.74) is 1.38. The lowest BCUT2D eigenvalue weighted by atomic mass is 9.94. The summed E-state index contributed by atoms with van der Waals surface area (Å²) in [7, 11) is 0. The Morgan fingerprint density at radius 2 is 1.72 bits per heavy atom. The Hall–Kier alpha value is -3.31. The molecule has 1 saturated carbocycles. The zero-order valence-corrected chi connectivity index (χ0v) is 26.3. The summed E-state index contributed by atoms with van der Waals surface area (Å²) in [5, 5.41) is 20.3. The molecule has 11 nitrogen and oxygen atoms in total. The molecular weight excluding hydrogens is 540 g/mol. The van der Waals surface area contributed by atoms with E-state index in [0.717, 1.165) is 74.1 Å². The molecule has 234 valence electrons. The van der Waals surface area contributed by atoms with Gasteiger partial charge in [-0.3, -0.25) is 9.48 Å². The molecule has 43 heavy (non-hydrogen) atoms. The zero-order valence-electron chi connectivity index (χ0n) is 26.3. The highest BCUT2D eigenvalue weighted by atomic mass is 16.2. The minimum atomic E-state index is -0.370. The summed E-state index contributed by atoms with van der Waals surface area (Å²) in [6, 6.07) is 8.84. The van der Waals surface area contributed by atoms with E-state index in [1.54, 1.807) is 0 Å². The molecule has 0 bridgehead atoms. The number of carbonyl (C=O) groups excluding carboxylic acids is 1. The standard InChI is InChI=1S/C32H50N10O/c1-32(2,3)30(43)41-21-19-40(20-22-41)29-27-13-7-8-14-28(27)36-31(37-29)35-23-26-24-42(39-38-26)18-10-16-33-15-9-17-34-25-11-5-4-6-12-25/h7-8,13-14,24-25,33-34H,4-6,9-12,15-23H2,1-3H3,(H,35,36,37). The van der Waals surface area contributed by atoms with Crippen molar-refractivity contribution < 1.29 is 4.79 Å². The van der Waals surface area contributed by atoms with E-state index in [2.05, 4.69) is 37.2 Å². The molecule has 2 aliphatic rings. The average Bonchev–Trinajstić information content (AvgIpc) is 3.48. The third-order valence-corrected chi connectivity index (χ3v) is 8.41. The van der Waals surface area contributed by atoms with Gasteiger partial charge in [0.05, 0.1) is 18.3 Å². The van der Waals surface area contributed by atoms with E-state index in [1.807, 2.05) is 54.7 Å². The number of aromatic nitrogens is 5. The maximum absolute atomic E-state index is 12.8. The Morgan fingerprint density at radius 3 is 2.51 bits per heavy atom. The highest BCUT2D eigenvalue weighted by molar-refractivity contribution is 5.90. The van der Waals surface area contributed by atoms with Crippen LogP contribution in [0.15, 0.2) is 30.5 Å². The van der Waals surface area contributed by atoms with Crippen molar-refractivity contribution in [3.8, 4) is 0 Å². The fraction of sp³-hybridized carbons (Fsp3) is 0.656.